The van der Waals surface area contributed by atoms with E-state index in [2.05, 4.69) is 27.3 Å². The molecule has 2 N–H and O–H groups in total. The summed E-state index contributed by atoms with van der Waals surface area (Å²) in [7, 11) is -4.70. The Morgan fingerprint density at radius 3 is 2.76 bits per heavy atom. The van der Waals surface area contributed by atoms with Crippen LogP contribution in [0.5, 0.6) is 0 Å². The lowest BCUT2D eigenvalue weighted by atomic mass is 10.1. The van der Waals surface area contributed by atoms with Crippen LogP contribution in [-0.4, -0.2) is 48.6 Å². The maximum absolute atomic E-state index is 15.0. The second-order valence-electron chi connectivity index (χ2n) is 7.85. The van der Waals surface area contributed by atoms with Gasteiger partial charge in [0.05, 0.1) is 5.51 Å². The molecular formula is C22H23FN4O4S2. The molecule has 1 aliphatic heterocycles. The third-order valence-corrected chi connectivity index (χ3v) is 7.75. The van der Waals surface area contributed by atoms with Gasteiger partial charge in [-0.05, 0) is 36.6 Å². The van der Waals surface area contributed by atoms with E-state index in [1.54, 1.807) is 6.92 Å². The fraction of sp³-hybridized carbons (Fsp3) is 0.273. The monoisotopic (exact) mass is 490 g/mol. The number of aromatic nitrogens is 1. The predicted octanol–water partition coefficient (Wildman–Crippen LogP) is 4.15. The molecule has 8 nitrogen and oxygen atoms in total. The van der Waals surface area contributed by atoms with E-state index in [1.807, 2.05) is 18.2 Å². The topological polar surface area (TPSA) is 103 Å². The van der Waals surface area contributed by atoms with Crippen LogP contribution in [0.15, 0.2) is 58.3 Å². The van der Waals surface area contributed by atoms with E-state index in [-0.39, 0.29) is 16.2 Å². The number of hydrogen-bond acceptors (Lipinski definition) is 7. The summed E-state index contributed by atoms with van der Waals surface area (Å²) in [6.45, 7) is 4.14. The summed E-state index contributed by atoms with van der Waals surface area (Å²) < 4.78 is 41.0. The fourth-order valence-corrected chi connectivity index (χ4v) is 5.86. The number of carbonyl (C=O) groups is 1. The van der Waals surface area contributed by atoms with Gasteiger partial charge in [-0.15, -0.1) is 15.6 Å². The average Bonchev–Trinajstić information content (AvgIpc) is 3.43. The van der Waals surface area contributed by atoms with Crippen LogP contribution in [0.25, 0.3) is 0 Å². The highest BCUT2D eigenvalue weighted by atomic mass is 32.2. The van der Waals surface area contributed by atoms with Gasteiger partial charge in [-0.25, -0.2) is 22.6 Å². The molecule has 0 unspecified atom stereocenters. The zero-order chi connectivity index (χ0) is 23.6. The molecule has 1 atom stereocenters. The van der Waals surface area contributed by atoms with Crippen LogP contribution in [-0.2, 0) is 16.6 Å². The van der Waals surface area contributed by atoms with Gasteiger partial charge in [0.25, 0.3) is 10.0 Å². The largest absolute Gasteiger partial charge is 0.464 e. The summed E-state index contributed by atoms with van der Waals surface area (Å²) in [5, 5.41) is 14.0. The number of aryl methyl sites for hydroxylation is 1. The molecule has 0 saturated carbocycles. The second-order valence-corrected chi connectivity index (χ2v) is 10.3. The number of nitrogens with one attached hydrogen (secondary N) is 1. The molecule has 11 heteroatoms. The van der Waals surface area contributed by atoms with Crippen LogP contribution < -0.4 is 9.62 Å². The Morgan fingerprint density at radius 1 is 1.33 bits per heavy atom. The molecule has 0 radical (unpaired) electrons. The lowest BCUT2D eigenvalue weighted by Gasteiger charge is -2.21. The van der Waals surface area contributed by atoms with E-state index in [0.717, 1.165) is 49.5 Å². The Labute approximate surface area is 195 Å². The van der Waals surface area contributed by atoms with E-state index in [1.165, 1.54) is 16.5 Å². The number of likely N-dealkylation sites (tertiary alicyclic amines) is 1. The molecule has 33 heavy (non-hydrogen) atoms. The highest BCUT2D eigenvalue weighted by Gasteiger charge is 2.35. The minimum atomic E-state index is -4.70. The van der Waals surface area contributed by atoms with Crippen LogP contribution in [0, 0.1) is 12.7 Å². The van der Waals surface area contributed by atoms with Crippen molar-refractivity contribution in [2.24, 2.45) is 0 Å². The van der Waals surface area contributed by atoms with Gasteiger partial charge < -0.3 is 10.4 Å². The first-order valence-corrected chi connectivity index (χ1v) is 12.6. The zero-order valence-corrected chi connectivity index (χ0v) is 19.4. The first-order valence-electron chi connectivity index (χ1n) is 10.2. The number of hydrogen-bond donors (Lipinski definition) is 2. The van der Waals surface area contributed by atoms with E-state index < -0.39 is 26.8 Å². The number of carboxylic acid groups (broad SMARTS) is 1. The number of sulfonamides is 1. The number of amides is 1. The van der Waals surface area contributed by atoms with Crippen molar-refractivity contribution >= 4 is 39.0 Å². The number of halogens is 1. The third kappa shape index (κ3) is 5.00. The Hall–Kier alpha value is -3.02. The van der Waals surface area contributed by atoms with Gasteiger partial charge in [-0.3, -0.25) is 4.90 Å². The highest BCUT2D eigenvalue weighted by molar-refractivity contribution is 7.93. The first-order chi connectivity index (χ1) is 15.8. The number of anilines is 2. The standard InChI is InChI=1S/C22H23FN4O4S2/c1-15-9-20(33(30,31)27(22(28)29)21-13-32-14-24-21)18(23)10-19(15)25-17-7-8-26(12-17)11-16-5-3-2-4-6-16/h2-6,9-10,13-14,17,25H,7-8,11-12H2,1H3,(H,28,29)/t17-/m1/s1. The Kier molecular flexibility index (Phi) is 6.63. The van der Waals surface area contributed by atoms with Crippen molar-refractivity contribution in [3.63, 3.8) is 0 Å². The van der Waals surface area contributed by atoms with Gasteiger partial charge >= 0.3 is 6.09 Å². The smallest absolute Gasteiger partial charge is 0.427 e. The SMILES string of the molecule is Cc1cc(S(=O)(=O)N(C(=O)O)c2cscn2)c(F)cc1N[C@@H]1CCN(Cc2ccccc2)C1. The number of thiazole rings is 1. The van der Waals surface area contributed by atoms with Gasteiger partial charge in [0, 0.05) is 36.7 Å². The van der Waals surface area contributed by atoms with Gasteiger partial charge in [0.15, 0.2) is 5.82 Å². The van der Waals surface area contributed by atoms with Crippen LogP contribution in [0.4, 0.5) is 20.7 Å². The van der Waals surface area contributed by atoms with Crippen LogP contribution in [0.1, 0.15) is 17.5 Å². The van der Waals surface area contributed by atoms with E-state index in [4.69, 9.17) is 0 Å². The molecule has 1 aromatic heterocycles. The van der Waals surface area contributed by atoms with Crippen LogP contribution in [0.3, 0.4) is 0 Å². The third-order valence-electron chi connectivity index (χ3n) is 5.48. The van der Waals surface area contributed by atoms with Crippen molar-refractivity contribution in [3.05, 3.63) is 70.3 Å². The Bertz CT molecular complexity index is 1240. The molecule has 0 bridgehead atoms. The molecule has 1 saturated heterocycles. The van der Waals surface area contributed by atoms with Crippen molar-refractivity contribution in [2.45, 2.75) is 30.8 Å². The van der Waals surface area contributed by atoms with Crippen molar-refractivity contribution < 1.29 is 22.7 Å². The molecule has 1 aliphatic rings. The van der Waals surface area contributed by atoms with Gasteiger partial charge in [-0.2, -0.15) is 0 Å². The molecule has 4 rings (SSSR count). The summed E-state index contributed by atoms with van der Waals surface area (Å²) >= 11 is 1.04. The summed E-state index contributed by atoms with van der Waals surface area (Å²) in [4.78, 5) is 17.0. The number of benzene rings is 2. The van der Waals surface area contributed by atoms with Crippen molar-refractivity contribution in [2.75, 3.05) is 22.7 Å². The maximum atomic E-state index is 15.0. The van der Waals surface area contributed by atoms with E-state index >= 15 is 0 Å². The molecule has 2 aromatic carbocycles. The predicted molar refractivity (Wildman–Crippen MR) is 125 cm³/mol. The average molecular weight is 491 g/mol. The molecule has 0 aliphatic carbocycles. The molecule has 3 aromatic rings. The van der Waals surface area contributed by atoms with Crippen molar-refractivity contribution in [1.82, 2.24) is 9.88 Å². The highest BCUT2D eigenvalue weighted by Crippen LogP contribution is 2.30. The molecule has 2 heterocycles. The minimum Gasteiger partial charge on any atom is -0.464 e. The van der Waals surface area contributed by atoms with E-state index in [0.29, 0.717) is 11.3 Å². The van der Waals surface area contributed by atoms with Gasteiger partial charge in [0.1, 0.15) is 10.7 Å². The summed E-state index contributed by atoms with van der Waals surface area (Å²) in [5.74, 6) is -1.32. The first kappa shape index (κ1) is 23.1. The molecule has 0 spiro atoms. The lowest BCUT2D eigenvalue weighted by Crippen LogP contribution is -2.36. The molecule has 1 fully saturated rings. The quantitative estimate of drug-likeness (QED) is 0.513. The summed E-state index contributed by atoms with van der Waals surface area (Å²) in [6, 6.07) is 12.5. The number of nitrogens with zero attached hydrogens (tertiary/aromatic N) is 3. The van der Waals surface area contributed by atoms with Crippen molar-refractivity contribution in [3.8, 4) is 0 Å². The Morgan fingerprint density at radius 2 is 2.09 bits per heavy atom. The molecule has 1 amide bonds. The van der Waals surface area contributed by atoms with Crippen LogP contribution >= 0.6 is 11.3 Å². The fourth-order valence-electron chi connectivity index (χ4n) is 3.89. The van der Waals surface area contributed by atoms with Gasteiger partial charge in [0.2, 0.25) is 0 Å². The summed E-state index contributed by atoms with van der Waals surface area (Å²) in [6.07, 6.45) is -0.894. The summed E-state index contributed by atoms with van der Waals surface area (Å²) in [5.41, 5.74) is 3.50. The maximum Gasteiger partial charge on any atom is 0.427 e. The van der Waals surface area contributed by atoms with Crippen molar-refractivity contribution in [1.29, 1.82) is 0 Å². The minimum absolute atomic E-state index is 0.0831. The lowest BCUT2D eigenvalue weighted by molar-refractivity contribution is 0.206. The Balaban J connectivity index is 1.51. The second kappa shape index (κ2) is 9.46. The van der Waals surface area contributed by atoms with Crippen LogP contribution in [0.2, 0.25) is 0 Å². The zero-order valence-electron chi connectivity index (χ0n) is 17.8. The molecular weight excluding hydrogens is 467 g/mol. The normalized spacial score (nSPS) is 16.6. The molecule has 174 valence electrons. The number of rotatable bonds is 7. The van der Waals surface area contributed by atoms with Gasteiger partial charge in [-0.1, -0.05) is 30.3 Å². The van der Waals surface area contributed by atoms with E-state index in [9.17, 15) is 22.7 Å².